The van der Waals surface area contributed by atoms with E-state index in [9.17, 15) is 47.4 Å². The lowest BCUT2D eigenvalue weighted by molar-refractivity contribution is -0.163. The fourth-order valence-corrected chi connectivity index (χ4v) is 8.14. The molecule has 0 spiro atoms. The van der Waals surface area contributed by atoms with Gasteiger partial charge in [0.25, 0.3) is 0 Å². The number of aliphatic hydroxyl groups is 1. The highest BCUT2D eigenvalue weighted by Crippen LogP contribution is 2.27. The van der Waals surface area contributed by atoms with Gasteiger partial charge in [-0.2, -0.15) is 0 Å². The number of carbonyl (C=O) groups is 7. The number of fused-ring (bicyclic) bond motifs is 2. The fraction of sp³-hybridized carbons (Fsp3) is 0.548. The van der Waals surface area contributed by atoms with Crippen LogP contribution in [0.15, 0.2) is 42.5 Å². The van der Waals surface area contributed by atoms with E-state index in [-0.39, 0.29) is 43.8 Å². The van der Waals surface area contributed by atoms with E-state index in [0.29, 0.717) is 18.1 Å². The Hall–Kier alpha value is -5.45. The molecule has 3 saturated heterocycles. The zero-order chi connectivity index (χ0) is 43.3. The second kappa shape index (κ2) is 19.1. The lowest BCUT2D eigenvalue weighted by atomic mass is 10.0. The number of halogens is 2. The third kappa shape index (κ3) is 10.6. The lowest BCUT2D eigenvalue weighted by Crippen LogP contribution is -2.63. The van der Waals surface area contributed by atoms with Gasteiger partial charge in [0.05, 0.1) is 12.5 Å². The summed E-state index contributed by atoms with van der Waals surface area (Å²) in [6.45, 7) is 8.11. The molecule has 17 heteroatoms. The molecule has 3 fully saturated rings. The molecule has 0 aromatic heterocycles. The molecule has 2 aromatic carbocycles. The monoisotopic (exact) mass is 824 g/mol. The van der Waals surface area contributed by atoms with Gasteiger partial charge in [0, 0.05) is 32.6 Å². The average Bonchev–Trinajstić information content (AvgIpc) is 3.82. The molecule has 0 radical (unpaired) electrons. The molecule has 9 atom stereocenters. The van der Waals surface area contributed by atoms with Crippen molar-refractivity contribution in [3.63, 3.8) is 0 Å². The van der Waals surface area contributed by atoms with Crippen LogP contribution < -0.4 is 16.0 Å². The number of amides is 6. The van der Waals surface area contributed by atoms with Gasteiger partial charge >= 0.3 is 5.97 Å². The third-order valence-electron chi connectivity index (χ3n) is 11.3. The standard InChI is InChI=1S/C42H54F2N6O9/c1-7-26-10-12-27(13-11-26)19-34(52)46-31(18-28-16-29(43)20-30(44)17-28)37(53)47-35-25(5)59-42(58)33-15-22(2)21-50(33)39(55)23(3)45-38(54)36(24(4)51)48(6)40(56)32-9-8-14-49(32)41(35)57/h10-13,16-17,20,22-25,31-33,35-36,51H,7-9,14-15,18-19,21H2,1-6H3,(H,45,54)(H,46,52)(H,47,53)/t22-,23-,24-,25-,31-,32-,33-,35-,36-/m0/s1. The minimum absolute atomic E-state index is 0.0262. The van der Waals surface area contributed by atoms with Crippen molar-refractivity contribution in [2.75, 3.05) is 20.1 Å². The van der Waals surface area contributed by atoms with Crippen LogP contribution in [-0.4, -0.2) is 130 Å². The fourth-order valence-electron chi connectivity index (χ4n) is 8.14. The van der Waals surface area contributed by atoms with Gasteiger partial charge in [-0.05, 0) is 81.2 Å². The van der Waals surface area contributed by atoms with Crippen molar-refractivity contribution < 1.29 is 52.2 Å². The highest BCUT2D eigenvalue weighted by Gasteiger charge is 2.47. The summed E-state index contributed by atoms with van der Waals surface area (Å²) in [7, 11) is 1.30. The molecule has 0 unspecified atom stereocenters. The Kier molecular flexibility index (Phi) is 14.4. The minimum atomic E-state index is -1.67. The number of hydrogen-bond acceptors (Lipinski definition) is 9. The molecule has 3 aliphatic heterocycles. The first-order chi connectivity index (χ1) is 27.9. The molecule has 320 valence electrons. The quantitative estimate of drug-likeness (QED) is 0.269. The number of rotatable bonds is 9. The van der Waals surface area contributed by atoms with E-state index in [1.54, 1.807) is 12.1 Å². The molecule has 3 aliphatic rings. The smallest absolute Gasteiger partial charge is 0.329 e. The van der Waals surface area contributed by atoms with Crippen LogP contribution in [0.5, 0.6) is 0 Å². The van der Waals surface area contributed by atoms with E-state index in [2.05, 4.69) is 16.0 Å². The number of hydrogen-bond donors (Lipinski definition) is 4. The first-order valence-electron chi connectivity index (χ1n) is 20.1. The summed E-state index contributed by atoms with van der Waals surface area (Å²) in [6.07, 6.45) is -1.86. The Bertz CT molecular complexity index is 1910. The van der Waals surface area contributed by atoms with E-state index in [1.165, 1.54) is 37.6 Å². The normalized spacial score (nSPS) is 26.8. The molecular formula is C42H54F2N6O9. The molecular weight excluding hydrogens is 770 g/mol. The Morgan fingerprint density at radius 1 is 0.915 bits per heavy atom. The molecule has 5 rings (SSSR count). The molecule has 3 heterocycles. The summed E-state index contributed by atoms with van der Waals surface area (Å²) < 4.78 is 34.5. The number of cyclic esters (lactones) is 1. The number of benzene rings is 2. The Morgan fingerprint density at radius 2 is 1.56 bits per heavy atom. The van der Waals surface area contributed by atoms with Gasteiger partial charge in [-0.1, -0.05) is 38.1 Å². The molecule has 0 bridgehead atoms. The van der Waals surface area contributed by atoms with Crippen molar-refractivity contribution in [2.45, 2.75) is 122 Å². The van der Waals surface area contributed by atoms with Gasteiger partial charge in [-0.3, -0.25) is 28.8 Å². The molecule has 0 aliphatic carbocycles. The van der Waals surface area contributed by atoms with Crippen LogP contribution in [0.1, 0.15) is 70.6 Å². The SMILES string of the molecule is CCc1ccc(CC(=O)N[C@@H](Cc2cc(F)cc(F)c2)C(=O)N[C@@H]2C(=O)N3CCC[C@H]3C(=O)N(C)[C@@H]([C@H](C)O)C(=O)N[C@@H](C)C(=O)N3C[C@@H](C)C[C@H]3C(=O)O[C@H]2C)cc1. The predicted octanol–water partition coefficient (Wildman–Crippen LogP) is 1.17. The van der Waals surface area contributed by atoms with E-state index in [0.717, 1.165) is 29.0 Å². The number of nitrogens with zero attached hydrogens (tertiary/aromatic N) is 3. The number of carbonyl (C=O) groups excluding carboxylic acids is 7. The summed E-state index contributed by atoms with van der Waals surface area (Å²) in [4.78, 5) is 101. The van der Waals surface area contributed by atoms with Crippen molar-refractivity contribution in [1.29, 1.82) is 0 Å². The van der Waals surface area contributed by atoms with E-state index in [1.807, 2.05) is 26.0 Å². The van der Waals surface area contributed by atoms with Crippen LogP contribution in [0.25, 0.3) is 0 Å². The van der Waals surface area contributed by atoms with Gasteiger partial charge in [-0.25, -0.2) is 13.6 Å². The highest BCUT2D eigenvalue weighted by atomic mass is 19.1. The van der Waals surface area contributed by atoms with E-state index >= 15 is 0 Å². The molecule has 4 N–H and O–H groups in total. The van der Waals surface area contributed by atoms with Gasteiger partial charge < -0.3 is 40.5 Å². The predicted molar refractivity (Wildman–Crippen MR) is 209 cm³/mol. The number of esters is 1. The number of aryl methyl sites for hydroxylation is 1. The summed E-state index contributed by atoms with van der Waals surface area (Å²) in [5.41, 5.74) is 1.71. The number of likely N-dealkylation sites (N-methyl/N-ethyl adjacent to an activating group) is 1. The maximum absolute atomic E-state index is 14.6. The van der Waals surface area contributed by atoms with Crippen LogP contribution in [0.4, 0.5) is 8.78 Å². The van der Waals surface area contributed by atoms with Crippen molar-refractivity contribution in [3.05, 3.63) is 70.8 Å². The van der Waals surface area contributed by atoms with Crippen LogP contribution in [0, 0.1) is 17.6 Å². The number of nitrogens with one attached hydrogen (secondary N) is 3. The van der Waals surface area contributed by atoms with Crippen molar-refractivity contribution >= 4 is 41.4 Å². The Morgan fingerprint density at radius 3 is 2.19 bits per heavy atom. The van der Waals surface area contributed by atoms with Crippen LogP contribution in [0.3, 0.4) is 0 Å². The number of ether oxygens (including phenoxy) is 1. The van der Waals surface area contributed by atoms with Crippen LogP contribution in [0.2, 0.25) is 0 Å². The Balaban J connectivity index is 1.51. The second-order valence-electron chi connectivity index (χ2n) is 16.0. The zero-order valence-corrected chi connectivity index (χ0v) is 34.2. The first-order valence-corrected chi connectivity index (χ1v) is 20.1. The maximum Gasteiger partial charge on any atom is 0.329 e. The average molecular weight is 825 g/mol. The van der Waals surface area contributed by atoms with E-state index in [4.69, 9.17) is 4.74 Å². The van der Waals surface area contributed by atoms with Crippen molar-refractivity contribution in [2.24, 2.45) is 5.92 Å². The van der Waals surface area contributed by atoms with Crippen molar-refractivity contribution in [1.82, 2.24) is 30.7 Å². The molecule has 0 saturated carbocycles. The lowest BCUT2D eigenvalue weighted by Gasteiger charge is -2.37. The van der Waals surface area contributed by atoms with Crippen LogP contribution in [-0.2, 0) is 57.6 Å². The van der Waals surface area contributed by atoms with Crippen LogP contribution >= 0.6 is 0 Å². The summed E-state index contributed by atoms with van der Waals surface area (Å²) >= 11 is 0. The largest absolute Gasteiger partial charge is 0.458 e. The minimum Gasteiger partial charge on any atom is -0.458 e. The maximum atomic E-state index is 14.6. The summed E-state index contributed by atoms with van der Waals surface area (Å²) in [5.74, 6) is -7.38. The molecule has 59 heavy (non-hydrogen) atoms. The summed E-state index contributed by atoms with van der Waals surface area (Å²) in [6, 6.07) is 1.88. The second-order valence-corrected chi connectivity index (χ2v) is 16.0. The summed E-state index contributed by atoms with van der Waals surface area (Å²) in [5, 5.41) is 18.5. The van der Waals surface area contributed by atoms with Gasteiger partial charge in [0.1, 0.15) is 54.0 Å². The zero-order valence-electron chi connectivity index (χ0n) is 34.2. The Labute approximate surface area is 342 Å². The van der Waals surface area contributed by atoms with Gasteiger partial charge in [0.15, 0.2) is 0 Å². The first kappa shape index (κ1) is 44.6. The highest BCUT2D eigenvalue weighted by molar-refractivity contribution is 5.98. The topological polar surface area (TPSA) is 195 Å². The molecule has 15 nitrogen and oxygen atoms in total. The van der Waals surface area contributed by atoms with Gasteiger partial charge in [-0.15, -0.1) is 0 Å². The molecule has 6 amide bonds. The molecule has 2 aromatic rings. The third-order valence-corrected chi connectivity index (χ3v) is 11.3. The van der Waals surface area contributed by atoms with E-state index < -0.39 is 108 Å². The number of aliphatic hydroxyl groups excluding tert-OH is 1. The van der Waals surface area contributed by atoms with Gasteiger partial charge in [0.2, 0.25) is 35.4 Å². The van der Waals surface area contributed by atoms with Crippen molar-refractivity contribution in [3.8, 4) is 0 Å².